The highest BCUT2D eigenvalue weighted by Gasteiger charge is 2.33. The molecule has 1 aliphatic rings. The molecule has 31 heavy (non-hydrogen) atoms. The van der Waals surface area contributed by atoms with E-state index in [1.54, 1.807) is 11.5 Å². The van der Waals surface area contributed by atoms with E-state index < -0.39 is 12.0 Å². The quantitative estimate of drug-likeness (QED) is 0.569. The number of carbonyl (C=O) groups is 1. The smallest absolute Gasteiger partial charge is 0.338 e. The molecule has 1 atom stereocenters. The lowest BCUT2D eigenvalue weighted by atomic mass is 9.87. The van der Waals surface area contributed by atoms with Gasteiger partial charge in [0.25, 0.3) is 5.56 Å². The summed E-state index contributed by atoms with van der Waals surface area (Å²) in [7, 11) is 1.35. The number of fused-ring (bicyclic) bond motifs is 1. The first-order valence-corrected chi connectivity index (χ1v) is 11.6. The highest BCUT2D eigenvalue weighted by Crippen LogP contribution is 2.33. The van der Waals surface area contributed by atoms with Gasteiger partial charge in [-0.15, -0.1) is 11.3 Å². The number of ether oxygens (including phenoxy) is 1. The molecule has 1 aromatic carbocycles. The van der Waals surface area contributed by atoms with E-state index in [1.165, 1.54) is 35.3 Å². The summed E-state index contributed by atoms with van der Waals surface area (Å²) < 4.78 is 7.21. The molecular formula is C24H24N2O3S2. The van der Waals surface area contributed by atoms with Gasteiger partial charge in [-0.3, -0.25) is 9.36 Å². The van der Waals surface area contributed by atoms with Crippen molar-refractivity contribution in [1.82, 2.24) is 4.57 Å². The topological polar surface area (TPSA) is 60.7 Å². The van der Waals surface area contributed by atoms with Gasteiger partial charge in [0.05, 0.1) is 22.9 Å². The average molecular weight is 453 g/mol. The third kappa shape index (κ3) is 3.95. The number of aromatic nitrogens is 1. The van der Waals surface area contributed by atoms with Crippen LogP contribution in [-0.2, 0) is 14.9 Å². The molecular weight excluding hydrogens is 428 g/mol. The molecule has 0 N–H and O–H groups in total. The van der Waals surface area contributed by atoms with Gasteiger partial charge in [0.15, 0.2) is 4.80 Å². The van der Waals surface area contributed by atoms with Crippen molar-refractivity contribution >= 4 is 34.7 Å². The number of carbonyl (C=O) groups excluding carboxylic acids is 1. The number of allylic oxidation sites excluding steroid dienone is 1. The lowest BCUT2D eigenvalue weighted by molar-refractivity contribution is -0.136. The Balaban J connectivity index is 1.88. The van der Waals surface area contributed by atoms with Crippen molar-refractivity contribution in [2.75, 3.05) is 7.11 Å². The zero-order chi connectivity index (χ0) is 22.3. The first-order chi connectivity index (χ1) is 14.7. The van der Waals surface area contributed by atoms with Gasteiger partial charge in [-0.2, -0.15) is 0 Å². The summed E-state index contributed by atoms with van der Waals surface area (Å²) >= 11 is 2.84. The van der Waals surface area contributed by atoms with Crippen molar-refractivity contribution in [2.24, 2.45) is 4.99 Å². The number of benzene rings is 1. The maximum Gasteiger partial charge on any atom is 0.338 e. The monoisotopic (exact) mass is 452 g/mol. The first-order valence-electron chi connectivity index (χ1n) is 9.95. The highest BCUT2D eigenvalue weighted by molar-refractivity contribution is 7.10. The van der Waals surface area contributed by atoms with Gasteiger partial charge >= 0.3 is 5.97 Å². The van der Waals surface area contributed by atoms with Crippen LogP contribution in [-0.4, -0.2) is 17.6 Å². The van der Waals surface area contributed by atoms with Crippen LogP contribution in [0.2, 0.25) is 0 Å². The maximum absolute atomic E-state index is 13.4. The Morgan fingerprint density at radius 1 is 1.19 bits per heavy atom. The predicted octanol–water partition coefficient (Wildman–Crippen LogP) is 3.77. The number of hydrogen-bond acceptors (Lipinski definition) is 6. The second kappa shape index (κ2) is 8.05. The number of methoxy groups -OCH3 is 1. The van der Waals surface area contributed by atoms with Gasteiger partial charge in [0, 0.05) is 4.88 Å². The Morgan fingerprint density at radius 2 is 1.90 bits per heavy atom. The van der Waals surface area contributed by atoms with Crippen molar-refractivity contribution in [3.63, 3.8) is 0 Å². The molecule has 1 unspecified atom stereocenters. The second-order valence-corrected chi connectivity index (χ2v) is 10.4. The molecule has 0 fully saturated rings. The van der Waals surface area contributed by atoms with Gasteiger partial charge in [0.2, 0.25) is 0 Å². The molecule has 0 saturated heterocycles. The fourth-order valence-electron chi connectivity index (χ4n) is 3.64. The molecule has 7 heteroatoms. The van der Waals surface area contributed by atoms with Gasteiger partial charge in [-0.1, -0.05) is 62.4 Å². The van der Waals surface area contributed by atoms with E-state index in [9.17, 15) is 9.59 Å². The number of esters is 1. The van der Waals surface area contributed by atoms with Crippen molar-refractivity contribution < 1.29 is 9.53 Å². The summed E-state index contributed by atoms with van der Waals surface area (Å²) in [5, 5.41) is 1.94. The van der Waals surface area contributed by atoms with Crippen molar-refractivity contribution in [1.29, 1.82) is 0 Å². The van der Waals surface area contributed by atoms with Crippen LogP contribution in [0.4, 0.5) is 0 Å². The molecule has 160 valence electrons. The largest absolute Gasteiger partial charge is 0.466 e. The van der Waals surface area contributed by atoms with E-state index in [2.05, 4.69) is 37.9 Å². The summed E-state index contributed by atoms with van der Waals surface area (Å²) in [4.78, 5) is 32.0. The minimum Gasteiger partial charge on any atom is -0.466 e. The normalized spacial score (nSPS) is 16.8. The van der Waals surface area contributed by atoms with Crippen molar-refractivity contribution in [2.45, 2.75) is 39.2 Å². The summed E-state index contributed by atoms with van der Waals surface area (Å²) in [6, 6.07) is 11.6. The second-order valence-electron chi connectivity index (χ2n) is 8.46. The summed E-state index contributed by atoms with van der Waals surface area (Å²) in [6.45, 7) is 8.30. The number of thiazole rings is 1. The lowest BCUT2D eigenvalue weighted by Crippen LogP contribution is -2.39. The van der Waals surface area contributed by atoms with Crippen LogP contribution in [0.1, 0.15) is 49.7 Å². The van der Waals surface area contributed by atoms with Crippen LogP contribution < -0.4 is 14.9 Å². The first kappa shape index (κ1) is 21.5. The maximum atomic E-state index is 13.4. The molecule has 4 rings (SSSR count). The van der Waals surface area contributed by atoms with Crippen LogP contribution >= 0.6 is 22.7 Å². The Hall–Kier alpha value is -2.77. The third-order valence-electron chi connectivity index (χ3n) is 5.31. The zero-order valence-electron chi connectivity index (χ0n) is 18.1. The molecule has 0 saturated carbocycles. The van der Waals surface area contributed by atoms with Gasteiger partial charge in [-0.05, 0) is 41.0 Å². The van der Waals surface area contributed by atoms with E-state index in [-0.39, 0.29) is 11.0 Å². The van der Waals surface area contributed by atoms with E-state index >= 15 is 0 Å². The standard InChI is InChI=1S/C24H24N2O3S2/c1-14-19(22(28)29-5)20(17-7-6-12-30-17)26-21(27)18(31-23(26)25-14)13-15-8-10-16(11-9-15)24(2,3)4/h6-13,20H,1-5H3. The molecule has 0 spiro atoms. The van der Waals surface area contributed by atoms with E-state index in [4.69, 9.17) is 4.74 Å². The summed E-state index contributed by atoms with van der Waals surface area (Å²) in [5.41, 5.74) is 3.08. The molecule has 0 bridgehead atoms. The van der Waals surface area contributed by atoms with E-state index in [0.717, 1.165) is 10.4 Å². The van der Waals surface area contributed by atoms with Crippen molar-refractivity contribution in [3.05, 3.63) is 88.7 Å². The predicted molar refractivity (Wildman–Crippen MR) is 125 cm³/mol. The van der Waals surface area contributed by atoms with E-state index in [1.807, 2.05) is 35.7 Å². The molecule has 0 amide bonds. The van der Waals surface area contributed by atoms with Crippen LogP contribution in [0, 0.1) is 0 Å². The van der Waals surface area contributed by atoms with Crippen LogP contribution in [0.15, 0.2) is 62.8 Å². The minimum atomic E-state index is -0.533. The SMILES string of the molecule is COC(=O)C1=C(C)N=c2sc(=Cc3ccc(C(C)(C)C)cc3)c(=O)n2C1c1cccs1. The van der Waals surface area contributed by atoms with E-state index in [0.29, 0.717) is 20.6 Å². The average Bonchev–Trinajstić information content (AvgIpc) is 3.35. The van der Waals surface area contributed by atoms with Gasteiger partial charge in [0.1, 0.15) is 6.04 Å². The fraction of sp³-hybridized carbons (Fsp3) is 0.292. The van der Waals surface area contributed by atoms with Crippen LogP contribution in [0.25, 0.3) is 6.08 Å². The molecule has 1 aliphatic heterocycles. The Bertz CT molecular complexity index is 1340. The zero-order valence-corrected chi connectivity index (χ0v) is 19.8. The fourth-order valence-corrected chi connectivity index (χ4v) is 5.51. The summed E-state index contributed by atoms with van der Waals surface area (Å²) in [5.74, 6) is -0.466. The Labute approximate surface area is 188 Å². The third-order valence-corrected chi connectivity index (χ3v) is 7.22. The Kier molecular flexibility index (Phi) is 5.58. The lowest BCUT2D eigenvalue weighted by Gasteiger charge is -2.22. The molecule has 2 aromatic heterocycles. The Morgan fingerprint density at radius 3 is 2.48 bits per heavy atom. The molecule has 0 aliphatic carbocycles. The van der Waals surface area contributed by atoms with Crippen LogP contribution in [0.3, 0.4) is 0 Å². The minimum absolute atomic E-state index is 0.0698. The molecule has 0 radical (unpaired) electrons. The molecule has 3 heterocycles. The van der Waals surface area contributed by atoms with Gasteiger partial charge < -0.3 is 4.74 Å². The van der Waals surface area contributed by atoms with Crippen LogP contribution in [0.5, 0.6) is 0 Å². The van der Waals surface area contributed by atoms with Gasteiger partial charge in [-0.25, -0.2) is 9.79 Å². The number of nitrogens with zero attached hydrogens (tertiary/aromatic N) is 2. The molecule has 5 nitrogen and oxygen atoms in total. The number of rotatable bonds is 3. The summed E-state index contributed by atoms with van der Waals surface area (Å²) in [6.07, 6.45) is 1.89. The highest BCUT2D eigenvalue weighted by atomic mass is 32.1. The molecule has 3 aromatic rings. The number of thiophene rings is 1. The van der Waals surface area contributed by atoms with Crippen molar-refractivity contribution in [3.8, 4) is 0 Å². The number of hydrogen-bond donors (Lipinski definition) is 0.